The number of nitrogens with one attached hydrogen (secondary N) is 1. The van der Waals surface area contributed by atoms with Crippen molar-refractivity contribution < 1.29 is 0 Å². The Morgan fingerprint density at radius 1 is 1.31 bits per heavy atom. The standard InChI is InChI=1S/C12H22N4/c1-6-12(2,3)16(5)11-8-7-10(9-13-4)14-15-11/h7-8,13H,6,9H2,1-5H3. The minimum absolute atomic E-state index is 0.110. The summed E-state index contributed by atoms with van der Waals surface area (Å²) < 4.78 is 0. The van der Waals surface area contributed by atoms with Gasteiger partial charge in [0, 0.05) is 19.1 Å². The largest absolute Gasteiger partial charge is 0.353 e. The number of anilines is 1. The summed E-state index contributed by atoms with van der Waals surface area (Å²) in [4.78, 5) is 2.17. The van der Waals surface area contributed by atoms with Crippen molar-refractivity contribution in [3.8, 4) is 0 Å². The van der Waals surface area contributed by atoms with Gasteiger partial charge in [-0.15, -0.1) is 5.10 Å². The minimum Gasteiger partial charge on any atom is -0.353 e. The molecule has 0 atom stereocenters. The maximum absolute atomic E-state index is 4.25. The van der Waals surface area contributed by atoms with Crippen LogP contribution >= 0.6 is 0 Å². The Morgan fingerprint density at radius 2 is 2.00 bits per heavy atom. The highest BCUT2D eigenvalue weighted by molar-refractivity contribution is 5.39. The highest BCUT2D eigenvalue weighted by Crippen LogP contribution is 2.22. The van der Waals surface area contributed by atoms with Gasteiger partial charge in [-0.25, -0.2) is 0 Å². The van der Waals surface area contributed by atoms with Crippen molar-refractivity contribution in [1.29, 1.82) is 0 Å². The van der Waals surface area contributed by atoms with Crippen molar-refractivity contribution in [2.45, 2.75) is 39.3 Å². The highest BCUT2D eigenvalue weighted by Gasteiger charge is 2.22. The van der Waals surface area contributed by atoms with Crippen molar-refractivity contribution >= 4 is 5.82 Å². The molecule has 0 aliphatic heterocycles. The van der Waals surface area contributed by atoms with E-state index in [0.29, 0.717) is 0 Å². The zero-order chi connectivity index (χ0) is 12.2. The lowest BCUT2D eigenvalue weighted by Crippen LogP contribution is -2.41. The Kier molecular flexibility index (Phi) is 4.24. The van der Waals surface area contributed by atoms with Gasteiger partial charge < -0.3 is 10.2 Å². The fraction of sp³-hybridized carbons (Fsp3) is 0.667. The molecule has 90 valence electrons. The molecule has 4 heteroatoms. The van der Waals surface area contributed by atoms with E-state index >= 15 is 0 Å². The molecule has 1 heterocycles. The van der Waals surface area contributed by atoms with Crippen LogP contribution < -0.4 is 10.2 Å². The molecule has 0 fully saturated rings. The summed E-state index contributed by atoms with van der Waals surface area (Å²) in [6.07, 6.45) is 1.07. The first kappa shape index (κ1) is 12.9. The van der Waals surface area contributed by atoms with Gasteiger partial charge in [0.2, 0.25) is 0 Å². The molecular formula is C12H22N4. The molecule has 0 unspecified atom stereocenters. The van der Waals surface area contributed by atoms with E-state index in [4.69, 9.17) is 0 Å². The van der Waals surface area contributed by atoms with Gasteiger partial charge in [0.1, 0.15) is 0 Å². The maximum atomic E-state index is 4.25. The molecule has 0 aliphatic rings. The molecule has 0 radical (unpaired) electrons. The summed E-state index contributed by atoms with van der Waals surface area (Å²) in [5, 5.41) is 11.5. The summed E-state index contributed by atoms with van der Waals surface area (Å²) in [7, 11) is 3.97. The number of hydrogen-bond acceptors (Lipinski definition) is 4. The lowest BCUT2D eigenvalue weighted by atomic mass is 10.0. The molecule has 4 nitrogen and oxygen atoms in total. The van der Waals surface area contributed by atoms with E-state index < -0.39 is 0 Å². The van der Waals surface area contributed by atoms with E-state index in [1.54, 1.807) is 0 Å². The number of rotatable bonds is 5. The molecule has 1 N–H and O–H groups in total. The predicted molar refractivity (Wildman–Crippen MR) is 67.6 cm³/mol. The second-order valence-corrected chi connectivity index (χ2v) is 4.64. The van der Waals surface area contributed by atoms with Crippen LogP contribution in [0, 0.1) is 0 Å². The molecule has 0 spiro atoms. The number of nitrogens with zero attached hydrogens (tertiary/aromatic N) is 3. The fourth-order valence-electron chi connectivity index (χ4n) is 1.35. The van der Waals surface area contributed by atoms with Crippen LogP contribution in [0.1, 0.15) is 32.9 Å². The topological polar surface area (TPSA) is 41.0 Å². The summed E-state index contributed by atoms with van der Waals surface area (Å²) in [6.45, 7) is 7.35. The van der Waals surface area contributed by atoms with Crippen molar-refractivity contribution in [3.63, 3.8) is 0 Å². The Balaban J connectivity index is 2.81. The van der Waals surface area contributed by atoms with E-state index in [0.717, 1.165) is 24.5 Å². The minimum atomic E-state index is 0.110. The summed E-state index contributed by atoms with van der Waals surface area (Å²) >= 11 is 0. The summed E-state index contributed by atoms with van der Waals surface area (Å²) in [5.41, 5.74) is 1.08. The zero-order valence-electron chi connectivity index (χ0n) is 10.9. The Labute approximate surface area is 98.1 Å². The van der Waals surface area contributed by atoms with Gasteiger partial charge in [0.05, 0.1) is 5.69 Å². The second kappa shape index (κ2) is 5.25. The van der Waals surface area contributed by atoms with E-state index in [2.05, 4.69) is 48.2 Å². The Bertz CT molecular complexity index is 318. The lowest BCUT2D eigenvalue weighted by molar-refractivity contribution is 0.465. The van der Waals surface area contributed by atoms with E-state index in [1.807, 2.05) is 19.2 Å². The Morgan fingerprint density at radius 3 is 2.44 bits per heavy atom. The van der Waals surface area contributed by atoms with Crippen molar-refractivity contribution in [3.05, 3.63) is 17.8 Å². The molecule has 0 saturated heterocycles. The quantitative estimate of drug-likeness (QED) is 0.825. The third-order valence-corrected chi connectivity index (χ3v) is 3.18. The molecule has 0 amide bonds. The van der Waals surface area contributed by atoms with Crippen LogP contribution in [0.2, 0.25) is 0 Å². The third kappa shape index (κ3) is 2.92. The van der Waals surface area contributed by atoms with Gasteiger partial charge in [-0.05, 0) is 39.4 Å². The smallest absolute Gasteiger partial charge is 0.151 e. The highest BCUT2D eigenvalue weighted by atomic mass is 15.3. The van der Waals surface area contributed by atoms with Gasteiger partial charge >= 0.3 is 0 Å². The third-order valence-electron chi connectivity index (χ3n) is 3.18. The summed E-state index contributed by atoms with van der Waals surface area (Å²) in [5.74, 6) is 0.923. The lowest BCUT2D eigenvalue weighted by Gasteiger charge is -2.35. The van der Waals surface area contributed by atoms with Crippen LogP contribution in [0.4, 0.5) is 5.82 Å². The first-order valence-corrected chi connectivity index (χ1v) is 5.72. The monoisotopic (exact) mass is 222 g/mol. The van der Waals surface area contributed by atoms with Crippen molar-refractivity contribution in [1.82, 2.24) is 15.5 Å². The van der Waals surface area contributed by atoms with Crippen LogP contribution in [0.3, 0.4) is 0 Å². The first-order chi connectivity index (χ1) is 7.51. The number of hydrogen-bond donors (Lipinski definition) is 1. The zero-order valence-corrected chi connectivity index (χ0v) is 10.9. The second-order valence-electron chi connectivity index (χ2n) is 4.64. The molecule has 1 aromatic heterocycles. The Hall–Kier alpha value is -1.16. The molecular weight excluding hydrogens is 200 g/mol. The predicted octanol–water partition coefficient (Wildman–Crippen LogP) is 1.82. The average Bonchev–Trinajstić information content (AvgIpc) is 2.29. The molecule has 1 aromatic rings. The molecule has 1 rings (SSSR count). The van der Waals surface area contributed by atoms with Gasteiger partial charge in [-0.2, -0.15) is 5.10 Å². The SMILES string of the molecule is CCC(C)(C)N(C)c1ccc(CNC)nn1. The average molecular weight is 222 g/mol. The molecule has 0 saturated carbocycles. The van der Waals surface area contributed by atoms with E-state index in [1.165, 1.54) is 0 Å². The maximum Gasteiger partial charge on any atom is 0.151 e. The molecule has 0 bridgehead atoms. The van der Waals surface area contributed by atoms with E-state index in [-0.39, 0.29) is 5.54 Å². The van der Waals surface area contributed by atoms with Crippen LogP contribution in [0.5, 0.6) is 0 Å². The fourth-order valence-corrected chi connectivity index (χ4v) is 1.35. The molecule has 16 heavy (non-hydrogen) atoms. The normalized spacial score (nSPS) is 11.6. The van der Waals surface area contributed by atoms with Gasteiger partial charge in [0.25, 0.3) is 0 Å². The summed E-state index contributed by atoms with van der Waals surface area (Å²) in [6, 6.07) is 4.04. The molecule has 0 aliphatic carbocycles. The van der Waals surface area contributed by atoms with Gasteiger partial charge in [0.15, 0.2) is 5.82 Å². The van der Waals surface area contributed by atoms with Crippen molar-refractivity contribution in [2.75, 3.05) is 19.0 Å². The van der Waals surface area contributed by atoms with Crippen molar-refractivity contribution in [2.24, 2.45) is 0 Å². The van der Waals surface area contributed by atoms with Crippen LogP contribution in [-0.4, -0.2) is 29.8 Å². The van der Waals surface area contributed by atoms with Crippen LogP contribution in [-0.2, 0) is 6.54 Å². The van der Waals surface area contributed by atoms with Gasteiger partial charge in [-0.1, -0.05) is 6.92 Å². The van der Waals surface area contributed by atoms with E-state index in [9.17, 15) is 0 Å². The number of aromatic nitrogens is 2. The molecule has 0 aromatic carbocycles. The van der Waals surface area contributed by atoms with Crippen LogP contribution in [0.25, 0.3) is 0 Å². The van der Waals surface area contributed by atoms with Gasteiger partial charge in [-0.3, -0.25) is 0 Å². The van der Waals surface area contributed by atoms with Crippen LogP contribution in [0.15, 0.2) is 12.1 Å². The first-order valence-electron chi connectivity index (χ1n) is 5.72.